The molecule has 8 heteroatoms. The number of rotatable bonds is 2. The van der Waals surface area contributed by atoms with Crippen LogP contribution in [0.15, 0.2) is 24.3 Å². The molecule has 1 aliphatic heterocycles. The van der Waals surface area contributed by atoms with Crippen molar-refractivity contribution in [1.82, 2.24) is 19.6 Å². The lowest BCUT2D eigenvalue weighted by molar-refractivity contribution is 0.213. The molecule has 0 spiro atoms. The van der Waals surface area contributed by atoms with Crippen LogP contribution < -0.4 is 5.32 Å². The number of benzene rings is 1. The predicted octanol–water partition coefficient (Wildman–Crippen LogP) is 2.53. The van der Waals surface area contributed by atoms with Crippen molar-refractivity contribution in [3.63, 3.8) is 0 Å². The minimum absolute atomic E-state index is 0.189. The van der Waals surface area contributed by atoms with Crippen molar-refractivity contribution in [3.8, 4) is 11.3 Å². The summed E-state index contributed by atoms with van der Waals surface area (Å²) in [5, 5.41) is 7.03. The average Bonchev–Trinajstić information content (AvgIpc) is 2.77. The maximum absolute atomic E-state index is 13.9. The fourth-order valence-corrected chi connectivity index (χ4v) is 2.85. The zero-order chi connectivity index (χ0) is 18.0. The average molecular weight is 349 g/mol. The van der Waals surface area contributed by atoms with Gasteiger partial charge in [0.1, 0.15) is 17.5 Å². The first-order valence-electron chi connectivity index (χ1n) is 8.18. The van der Waals surface area contributed by atoms with Crippen molar-refractivity contribution in [1.29, 1.82) is 0 Å². The normalized spacial score (nSPS) is 15.9. The van der Waals surface area contributed by atoms with Gasteiger partial charge >= 0.3 is 6.03 Å². The second kappa shape index (κ2) is 7.18. The molecular formula is C17H21F2N5O. The molecule has 25 heavy (non-hydrogen) atoms. The van der Waals surface area contributed by atoms with Crippen LogP contribution >= 0.6 is 0 Å². The first-order chi connectivity index (χ1) is 11.9. The van der Waals surface area contributed by atoms with Crippen molar-refractivity contribution in [2.45, 2.75) is 6.42 Å². The van der Waals surface area contributed by atoms with Crippen LogP contribution in [-0.2, 0) is 7.05 Å². The second-order valence-electron chi connectivity index (χ2n) is 6.24. The van der Waals surface area contributed by atoms with Gasteiger partial charge in [-0.3, -0.25) is 10.00 Å². The Morgan fingerprint density at radius 1 is 1.12 bits per heavy atom. The summed E-state index contributed by atoms with van der Waals surface area (Å²) in [4.78, 5) is 16.4. The van der Waals surface area contributed by atoms with Gasteiger partial charge in [-0.2, -0.15) is 5.10 Å². The van der Waals surface area contributed by atoms with Crippen molar-refractivity contribution in [3.05, 3.63) is 35.9 Å². The number of nitrogens with zero attached hydrogens (tertiary/aromatic N) is 4. The van der Waals surface area contributed by atoms with Gasteiger partial charge in [0.15, 0.2) is 0 Å². The maximum Gasteiger partial charge on any atom is 0.323 e. The van der Waals surface area contributed by atoms with Gasteiger partial charge in [-0.25, -0.2) is 13.6 Å². The molecule has 6 nitrogen and oxygen atoms in total. The van der Waals surface area contributed by atoms with Gasteiger partial charge in [0.05, 0.1) is 5.69 Å². The van der Waals surface area contributed by atoms with Crippen molar-refractivity contribution >= 4 is 11.8 Å². The lowest BCUT2D eigenvalue weighted by Gasteiger charge is -2.20. The van der Waals surface area contributed by atoms with Gasteiger partial charge < -0.3 is 9.80 Å². The molecule has 0 bridgehead atoms. The number of urea groups is 1. The largest absolute Gasteiger partial charge is 0.323 e. The molecule has 1 aliphatic rings. The molecule has 2 amide bonds. The number of carbonyl (C=O) groups excluding carboxylic acids is 1. The Kier molecular flexibility index (Phi) is 4.98. The van der Waals surface area contributed by atoms with Crippen LogP contribution in [0.2, 0.25) is 0 Å². The summed E-state index contributed by atoms with van der Waals surface area (Å²) in [6.45, 7) is 3.13. The van der Waals surface area contributed by atoms with E-state index in [1.807, 2.05) is 7.05 Å². The quantitative estimate of drug-likeness (QED) is 0.907. The third-order valence-corrected chi connectivity index (χ3v) is 4.33. The molecule has 134 valence electrons. The van der Waals surface area contributed by atoms with Crippen molar-refractivity contribution in [2.75, 3.05) is 38.5 Å². The molecular weight excluding hydrogens is 328 g/mol. The first-order valence-corrected chi connectivity index (χ1v) is 8.18. The molecule has 2 aromatic rings. The van der Waals surface area contributed by atoms with E-state index in [-0.39, 0.29) is 11.6 Å². The lowest BCUT2D eigenvalue weighted by Crippen LogP contribution is -2.38. The minimum Gasteiger partial charge on any atom is -0.323 e. The van der Waals surface area contributed by atoms with Gasteiger partial charge in [0.25, 0.3) is 0 Å². The highest BCUT2D eigenvalue weighted by atomic mass is 19.1. The number of anilines is 1. The van der Waals surface area contributed by atoms with E-state index >= 15 is 0 Å². The summed E-state index contributed by atoms with van der Waals surface area (Å²) in [7, 11) is 3.70. The van der Waals surface area contributed by atoms with E-state index in [2.05, 4.69) is 15.3 Å². The number of aromatic nitrogens is 2. The van der Waals surface area contributed by atoms with E-state index in [0.29, 0.717) is 24.6 Å². The number of aryl methyl sites for hydroxylation is 1. The summed E-state index contributed by atoms with van der Waals surface area (Å²) in [5.74, 6) is -0.871. The topological polar surface area (TPSA) is 53.4 Å². The third kappa shape index (κ3) is 3.96. The first kappa shape index (κ1) is 17.3. The van der Waals surface area contributed by atoms with Gasteiger partial charge in [0, 0.05) is 44.4 Å². The molecule has 0 radical (unpaired) electrons. The number of hydrogen-bond acceptors (Lipinski definition) is 3. The van der Waals surface area contributed by atoms with Crippen LogP contribution in [0.5, 0.6) is 0 Å². The highest BCUT2D eigenvalue weighted by Gasteiger charge is 2.19. The highest BCUT2D eigenvalue weighted by molar-refractivity contribution is 5.89. The number of hydrogen-bond donors (Lipinski definition) is 1. The highest BCUT2D eigenvalue weighted by Crippen LogP contribution is 2.25. The van der Waals surface area contributed by atoms with Crippen LogP contribution in [0.3, 0.4) is 0 Å². The molecule has 2 heterocycles. The summed E-state index contributed by atoms with van der Waals surface area (Å²) in [5.41, 5.74) is 0.528. The Morgan fingerprint density at radius 3 is 2.68 bits per heavy atom. The van der Waals surface area contributed by atoms with E-state index < -0.39 is 11.6 Å². The number of amides is 2. The molecule has 0 saturated carbocycles. The maximum atomic E-state index is 13.9. The fraction of sp³-hybridized carbons (Fsp3) is 0.412. The molecule has 0 aliphatic carbocycles. The van der Waals surface area contributed by atoms with Gasteiger partial charge in [-0.15, -0.1) is 0 Å². The van der Waals surface area contributed by atoms with E-state index in [1.54, 1.807) is 18.0 Å². The van der Waals surface area contributed by atoms with Crippen LogP contribution in [0.1, 0.15) is 6.42 Å². The molecule has 1 aromatic carbocycles. The lowest BCUT2D eigenvalue weighted by atomic mass is 10.1. The Hall–Kier alpha value is -2.48. The molecule has 1 aromatic heterocycles. The zero-order valence-corrected chi connectivity index (χ0v) is 14.3. The Balaban J connectivity index is 1.75. The van der Waals surface area contributed by atoms with Crippen molar-refractivity contribution in [2.24, 2.45) is 7.05 Å². The zero-order valence-electron chi connectivity index (χ0n) is 14.3. The minimum atomic E-state index is -0.688. The fourth-order valence-electron chi connectivity index (χ4n) is 2.85. The van der Waals surface area contributed by atoms with E-state index in [9.17, 15) is 13.6 Å². The second-order valence-corrected chi connectivity index (χ2v) is 6.24. The van der Waals surface area contributed by atoms with Gasteiger partial charge in [-0.05, 0) is 32.1 Å². The number of carbonyl (C=O) groups is 1. The number of nitrogens with one attached hydrogen (secondary N) is 1. The van der Waals surface area contributed by atoms with E-state index in [1.165, 1.54) is 16.8 Å². The standard InChI is InChI=1S/C17H21F2N5O/c1-22-6-3-7-24(9-8-22)17(25)20-16-11-15(21-23(16)2)13-5-4-12(18)10-14(13)19/h4-5,10-11H,3,6-9H2,1-2H3,(H,20,25). The summed E-state index contributed by atoms with van der Waals surface area (Å²) < 4.78 is 28.4. The molecule has 0 atom stereocenters. The number of likely N-dealkylation sites (N-methyl/N-ethyl adjacent to an activating group) is 1. The summed E-state index contributed by atoms with van der Waals surface area (Å²) in [6, 6.07) is 4.71. The third-order valence-electron chi connectivity index (χ3n) is 4.33. The monoisotopic (exact) mass is 349 g/mol. The van der Waals surface area contributed by atoms with Gasteiger partial charge in [0.2, 0.25) is 0 Å². The summed E-state index contributed by atoms with van der Waals surface area (Å²) >= 11 is 0. The number of halogens is 2. The van der Waals surface area contributed by atoms with Crippen molar-refractivity contribution < 1.29 is 13.6 Å². The Labute approximate surface area is 145 Å². The SMILES string of the molecule is CN1CCCN(C(=O)Nc2cc(-c3ccc(F)cc3F)nn2C)CC1. The molecule has 3 rings (SSSR count). The van der Waals surface area contributed by atoms with E-state index in [0.717, 1.165) is 25.6 Å². The van der Waals surface area contributed by atoms with Crippen LogP contribution in [-0.4, -0.2) is 58.8 Å². The van der Waals surface area contributed by atoms with Crippen LogP contribution in [0.25, 0.3) is 11.3 Å². The summed E-state index contributed by atoms with van der Waals surface area (Å²) in [6.07, 6.45) is 0.918. The van der Waals surface area contributed by atoms with E-state index in [4.69, 9.17) is 0 Å². The smallest absolute Gasteiger partial charge is 0.323 e. The van der Waals surface area contributed by atoms with Gasteiger partial charge in [-0.1, -0.05) is 0 Å². The van der Waals surface area contributed by atoms with Crippen LogP contribution in [0.4, 0.5) is 19.4 Å². The molecule has 1 N–H and O–H groups in total. The molecule has 1 saturated heterocycles. The van der Waals surface area contributed by atoms with Crippen LogP contribution in [0, 0.1) is 11.6 Å². The molecule has 0 unspecified atom stereocenters. The predicted molar refractivity (Wildman–Crippen MR) is 91.3 cm³/mol. The molecule has 1 fully saturated rings. The Morgan fingerprint density at radius 2 is 1.92 bits per heavy atom. The Bertz CT molecular complexity index is 776.